The second-order valence-electron chi connectivity index (χ2n) is 6.18. The molecule has 148 valence electrons. The number of amidine groups is 1. The van der Waals surface area contributed by atoms with Crippen LogP contribution >= 0.6 is 39.9 Å². The van der Waals surface area contributed by atoms with E-state index in [1.165, 1.54) is 11.8 Å². The fourth-order valence-corrected chi connectivity index (χ4v) is 4.08. The molecule has 1 aromatic heterocycles. The van der Waals surface area contributed by atoms with Gasteiger partial charge in [-0.25, -0.2) is 9.98 Å². The van der Waals surface area contributed by atoms with Crippen molar-refractivity contribution in [2.24, 2.45) is 10.7 Å². The lowest BCUT2D eigenvalue weighted by Gasteiger charge is -2.13. The van der Waals surface area contributed by atoms with Crippen LogP contribution in [0.4, 0.5) is 5.69 Å². The number of aliphatic imine (C=N–C) groups is 1. The summed E-state index contributed by atoms with van der Waals surface area (Å²) in [6.45, 7) is 0. The third-order valence-electron chi connectivity index (χ3n) is 4.09. The van der Waals surface area contributed by atoms with Gasteiger partial charge in [0.1, 0.15) is 0 Å². The third-order valence-corrected chi connectivity index (χ3v) is 5.65. The van der Waals surface area contributed by atoms with Crippen molar-refractivity contribution in [3.8, 4) is 17.1 Å². The Kier molecular flexibility index (Phi) is 6.37. The van der Waals surface area contributed by atoms with E-state index in [1.807, 2.05) is 84.9 Å². The molecule has 4 rings (SSSR count). The second-order valence-corrected chi connectivity index (χ2v) is 8.45. The molecular formula is C22H16BrN5S2. The van der Waals surface area contributed by atoms with Crippen LogP contribution in [0.25, 0.3) is 17.1 Å². The highest BCUT2D eigenvalue weighted by Gasteiger charge is 2.14. The molecule has 0 saturated heterocycles. The zero-order chi connectivity index (χ0) is 20.9. The molecule has 0 unspecified atom stereocenters. The fourth-order valence-electron chi connectivity index (χ4n) is 2.73. The van der Waals surface area contributed by atoms with Crippen molar-refractivity contribution in [2.45, 2.75) is 5.16 Å². The number of benzene rings is 3. The van der Waals surface area contributed by atoms with Crippen molar-refractivity contribution in [3.05, 3.63) is 94.2 Å². The number of hydrogen-bond donors (Lipinski definition) is 1. The maximum Gasteiger partial charge on any atom is 0.208 e. The summed E-state index contributed by atoms with van der Waals surface area (Å²) in [6, 6.07) is 27.0. The van der Waals surface area contributed by atoms with Gasteiger partial charge < -0.3 is 5.73 Å². The maximum absolute atomic E-state index is 6.25. The first kappa shape index (κ1) is 20.5. The molecule has 0 atom stereocenters. The molecular weight excluding hydrogens is 478 g/mol. The topological polar surface area (TPSA) is 69.1 Å². The molecule has 0 spiro atoms. The molecule has 2 N–H and O–H groups in total. The predicted octanol–water partition coefficient (Wildman–Crippen LogP) is 6.16. The normalized spacial score (nSPS) is 11.4. The summed E-state index contributed by atoms with van der Waals surface area (Å²) in [4.78, 5) is 13.8. The van der Waals surface area contributed by atoms with Crippen LogP contribution in [0.3, 0.4) is 0 Å². The van der Waals surface area contributed by atoms with E-state index in [1.54, 1.807) is 4.57 Å². The molecule has 3 aromatic carbocycles. The highest BCUT2D eigenvalue weighted by atomic mass is 79.9. The number of para-hydroxylation sites is 1. The number of nitrogens with two attached hydrogens (primary N) is 1. The van der Waals surface area contributed by atoms with E-state index in [2.05, 4.69) is 25.9 Å². The highest BCUT2D eigenvalue weighted by Crippen LogP contribution is 2.26. The van der Waals surface area contributed by atoms with Crippen molar-refractivity contribution in [2.75, 3.05) is 0 Å². The average Bonchev–Trinajstić information content (AvgIpc) is 2.76. The summed E-state index contributed by atoms with van der Waals surface area (Å²) in [6.07, 6.45) is 0. The van der Waals surface area contributed by atoms with Gasteiger partial charge >= 0.3 is 0 Å². The van der Waals surface area contributed by atoms with Crippen LogP contribution in [-0.4, -0.2) is 19.7 Å². The quantitative estimate of drug-likeness (QED) is 0.159. The molecule has 1 heterocycles. The number of hydrogen-bond acceptors (Lipinski definition) is 5. The Morgan fingerprint density at radius 2 is 1.53 bits per heavy atom. The van der Waals surface area contributed by atoms with Crippen molar-refractivity contribution in [3.63, 3.8) is 0 Å². The molecule has 0 aliphatic carbocycles. The van der Waals surface area contributed by atoms with Gasteiger partial charge in [-0.3, -0.25) is 4.57 Å². The Morgan fingerprint density at radius 3 is 2.20 bits per heavy atom. The van der Waals surface area contributed by atoms with Gasteiger partial charge in [0.25, 0.3) is 0 Å². The lowest BCUT2D eigenvalue weighted by molar-refractivity contribution is 0.777. The molecule has 0 aliphatic heterocycles. The first-order valence-corrected chi connectivity index (χ1v) is 11.0. The zero-order valence-corrected chi connectivity index (χ0v) is 18.9. The first-order chi connectivity index (χ1) is 14.6. The van der Waals surface area contributed by atoms with Crippen molar-refractivity contribution in [1.82, 2.24) is 14.5 Å². The van der Waals surface area contributed by atoms with Crippen molar-refractivity contribution in [1.29, 1.82) is 0 Å². The van der Waals surface area contributed by atoms with Crippen molar-refractivity contribution >= 4 is 50.8 Å². The van der Waals surface area contributed by atoms with Crippen LogP contribution in [0.5, 0.6) is 0 Å². The van der Waals surface area contributed by atoms with Gasteiger partial charge in [-0.2, -0.15) is 4.98 Å². The number of thioether (sulfide) groups is 1. The minimum Gasteiger partial charge on any atom is -0.378 e. The number of aromatic nitrogens is 3. The monoisotopic (exact) mass is 493 g/mol. The lowest BCUT2D eigenvalue weighted by Crippen LogP contribution is -2.12. The van der Waals surface area contributed by atoms with E-state index in [0.29, 0.717) is 20.9 Å². The largest absolute Gasteiger partial charge is 0.378 e. The third kappa shape index (κ3) is 4.84. The van der Waals surface area contributed by atoms with Gasteiger partial charge in [0.15, 0.2) is 16.1 Å². The van der Waals surface area contributed by atoms with E-state index >= 15 is 0 Å². The summed E-state index contributed by atoms with van der Waals surface area (Å²) in [7, 11) is 0. The zero-order valence-electron chi connectivity index (χ0n) is 15.6. The summed E-state index contributed by atoms with van der Waals surface area (Å²) in [5.74, 6) is 0.545. The highest BCUT2D eigenvalue weighted by molar-refractivity contribution is 9.10. The van der Waals surface area contributed by atoms with Gasteiger partial charge in [0.2, 0.25) is 4.77 Å². The SMILES string of the molecule is NC(=Nc1ccccc1)Sc1nc(-c2ccccc2)nc(=S)n1-c1ccc(Br)cc1. The van der Waals surface area contributed by atoms with E-state index in [4.69, 9.17) is 22.9 Å². The average molecular weight is 494 g/mol. The molecule has 0 fully saturated rings. The second kappa shape index (κ2) is 9.34. The van der Waals surface area contributed by atoms with Gasteiger partial charge in [-0.1, -0.05) is 64.5 Å². The molecule has 0 radical (unpaired) electrons. The van der Waals surface area contributed by atoms with Crippen LogP contribution in [0, 0.1) is 4.77 Å². The molecule has 0 aliphatic rings. The van der Waals surface area contributed by atoms with Gasteiger partial charge in [-0.15, -0.1) is 0 Å². The van der Waals surface area contributed by atoms with Gasteiger partial charge in [0.05, 0.1) is 11.4 Å². The smallest absolute Gasteiger partial charge is 0.208 e. The molecule has 30 heavy (non-hydrogen) atoms. The fraction of sp³-hybridized carbons (Fsp3) is 0. The van der Waals surface area contributed by atoms with Crippen LogP contribution in [0.1, 0.15) is 0 Å². The predicted molar refractivity (Wildman–Crippen MR) is 129 cm³/mol. The molecule has 0 amide bonds. The standard InChI is InChI=1S/C22H16BrN5S2/c23-16-11-13-18(14-12-16)28-21(29)26-19(15-7-3-1-4-8-15)27-22(28)30-20(24)25-17-9-5-2-6-10-17/h1-14H,(H2,24,25). The summed E-state index contributed by atoms with van der Waals surface area (Å²) in [5.41, 5.74) is 8.74. The van der Waals surface area contributed by atoms with E-state index in [9.17, 15) is 0 Å². The van der Waals surface area contributed by atoms with Crippen LogP contribution in [0.15, 0.2) is 99.6 Å². The van der Waals surface area contributed by atoms with E-state index < -0.39 is 0 Å². The number of nitrogens with zero attached hydrogens (tertiary/aromatic N) is 4. The lowest BCUT2D eigenvalue weighted by atomic mass is 10.2. The van der Waals surface area contributed by atoms with Crippen molar-refractivity contribution < 1.29 is 0 Å². The van der Waals surface area contributed by atoms with Gasteiger partial charge in [-0.05, 0) is 60.4 Å². The maximum atomic E-state index is 6.25. The Morgan fingerprint density at radius 1 is 0.900 bits per heavy atom. The Labute approximate surface area is 191 Å². The van der Waals surface area contributed by atoms with E-state index in [-0.39, 0.29) is 0 Å². The molecule has 8 heteroatoms. The van der Waals surface area contributed by atoms with Crippen LogP contribution < -0.4 is 5.73 Å². The molecule has 5 nitrogen and oxygen atoms in total. The summed E-state index contributed by atoms with van der Waals surface area (Å²) in [5, 5.41) is 0.951. The molecule has 4 aromatic rings. The molecule has 0 saturated carbocycles. The molecule has 0 bridgehead atoms. The Balaban J connectivity index is 1.82. The van der Waals surface area contributed by atoms with E-state index in [0.717, 1.165) is 21.4 Å². The summed E-state index contributed by atoms with van der Waals surface area (Å²) < 4.78 is 3.16. The van der Waals surface area contributed by atoms with Crippen LogP contribution in [-0.2, 0) is 0 Å². The Bertz CT molecular complexity index is 1240. The summed E-state index contributed by atoms with van der Waals surface area (Å²) >= 11 is 10.3. The van der Waals surface area contributed by atoms with Crippen LogP contribution in [0.2, 0.25) is 0 Å². The number of halogens is 1. The first-order valence-electron chi connectivity index (χ1n) is 9.00. The minimum absolute atomic E-state index is 0.360. The number of rotatable bonds is 4. The minimum atomic E-state index is 0.360. The van der Waals surface area contributed by atoms with Gasteiger partial charge in [0, 0.05) is 10.0 Å². The Hall–Kier alpha value is -2.81.